The first-order valence-corrected chi connectivity index (χ1v) is 7.91. The van der Waals surface area contributed by atoms with E-state index in [0.717, 1.165) is 19.3 Å². The molecule has 1 unspecified atom stereocenters. The van der Waals surface area contributed by atoms with Crippen molar-refractivity contribution in [3.8, 4) is 0 Å². The van der Waals surface area contributed by atoms with Crippen LogP contribution >= 0.6 is 0 Å². The number of aliphatic hydroxyl groups is 1. The van der Waals surface area contributed by atoms with Gasteiger partial charge < -0.3 is 10.4 Å². The van der Waals surface area contributed by atoms with Crippen LogP contribution in [-0.2, 0) is 4.79 Å². The largest absolute Gasteiger partial charge is 0.396 e. The maximum atomic E-state index is 12.4. The van der Waals surface area contributed by atoms with Crippen molar-refractivity contribution in [1.82, 2.24) is 5.32 Å². The fraction of sp³-hybridized carbons (Fsp3) is 0.938. The minimum Gasteiger partial charge on any atom is -0.396 e. The number of hydrogen-bond donors (Lipinski definition) is 2. The third kappa shape index (κ3) is 4.79. The summed E-state index contributed by atoms with van der Waals surface area (Å²) in [6.07, 6.45) is 7.88. The Labute approximate surface area is 118 Å². The van der Waals surface area contributed by atoms with Gasteiger partial charge in [-0.2, -0.15) is 0 Å². The lowest BCUT2D eigenvalue weighted by Crippen LogP contribution is -2.43. The van der Waals surface area contributed by atoms with Gasteiger partial charge in [0.05, 0.1) is 0 Å². The molecule has 0 aromatic carbocycles. The summed E-state index contributed by atoms with van der Waals surface area (Å²) in [6.45, 7) is 7.24. The van der Waals surface area contributed by atoms with Crippen molar-refractivity contribution in [2.45, 2.75) is 65.7 Å². The molecule has 0 bridgehead atoms. The van der Waals surface area contributed by atoms with E-state index in [-0.39, 0.29) is 17.9 Å². The summed E-state index contributed by atoms with van der Waals surface area (Å²) in [5, 5.41) is 12.2. The Balaban J connectivity index is 2.43. The van der Waals surface area contributed by atoms with Gasteiger partial charge in [-0.3, -0.25) is 4.79 Å². The lowest BCUT2D eigenvalue weighted by Gasteiger charge is -2.31. The predicted molar refractivity (Wildman–Crippen MR) is 78.8 cm³/mol. The molecule has 3 heteroatoms. The Morgan fingerprint density at radius 3 is 2.47 bits per heavy atom. The van der Waals surface area contributed by atoms with Crippen LogP contribution in [-0.4, -0.2) is 24.2 Å². The Kier molecular flexibility index (Phi) is 6.84. The molecule has 0 aliphatic heterocycles. The van der Waals surface area contributed by atoms with Crippen LogP contribution < -0.4 is 5.32 Å². The molecule has 3 nitrogen and oxygen atoms in total. The molecule has 0 spiro atoms. The maximum absolute atomic E-state index is 12.4. The standard InChI is InChI=1S/C16H31NO2/c1-4-7-13(10-11-18)12-17-15(19)16(2,3)14-8-5-6-9-14/h13-14,18H,4-12H2,1-3H3,(H,17,19). The molecule has 1 rings (SSSR count). The van der Waals surface area contributed by atoms with Gasteiger partial charge in [0, 0.05) is 18.6 Å². The Bertz CT molecular complexity index is 264. The second-order valence-corrected chi connectivity index (χ2v) is 6.58. The van der Waals surface area contributed by atoms with Crippen molar-refractivity contribution in [3.05, 3.63) is 0 Å². The molecular weight excluding hydrogens is 238 g/mol. The lowest BCUT2D eigenvalue weighted by molar-refractivity contribution is -0.132. The summed E-state index contributed by atoms with van der Waals surface area (Å²) >= 11 is 0. The van der Waals surface area contributed by atoms with E-state index >= 15 is 0 Å². The summed E-state index contributed by atoms with van der Waals surface area (Å²) in [5.74, 6) is 1.15. The normalized spacial score (nSPS) is 18.5. The van der Waals surface area contributed by atoms with E-state index in [4.69, 9.17) is 5.11 Å². The van der Waals surface area contributed by atoms with Crippen LogP contribution in [0.1, 0.15) is 65.7 Å². The molecule has 1 aliphatic carbocycles. The van der Waals surface area contributed by atoms with Crippen molar-refractivity contribution in [2.24, 2.45) is 17.3 Å². The summed E-state index contributed by atoms with van der Waals surface area (Å²) < 4.78 is 0. The number of aliphatic hydroxyl groups excluding tert-OH is 1. The van der Waals surface area contributed by atoms with E-state index in [1.807, 2.05) is 0 Å². The van der Waals surface area contributed by atoms with Crippen LogP contribution in [0, 0.1) is 17.3 Å². The molecule has 0 radical (unpaired) electrons. The Morgan fingerprint density at radius 1 is 1.32 bits per heavy atom. The number of rotatable bonds is 8. The van der Waals surface area contributed by atoms with E-state index in [2.05, 4.69) is 26.1 Å². The molecule has 0 heterocycles. The summed E-state index contributed by atoms with van der Waals surface area (Å²) in [6, 6.07) is 0. The van der Waals surface area contributed by atoms with Crippen LogP contribution in [0.25, 0.3) is 0 Å². The molecule has 0 saturated heterocycles. The van der Waals surface area contributed by atoms with Gasteiger partial charge in [0.2, 0.25) is 5.91 Å². The zero-order valence-corrected chi connectivity index (χ0v) is 12.9. The van der Waals surface area contributed by atoms with Crippen LogP contribution in [0.5, 0.6) is 0 Å². The number of amides is 1. The number of nitrogens with one attached hydrogen (secondary N) is 1. The molecule has 112 valence electrons. The fourth-order valence-electron chi connectivity index (χ4n) is 3.24. The van der Waals surface area contributed by atoms with Gasteiger partial charge in [-0.05, 0) is 37.5 Å². The van der Waals surface area contributed by atoms with Crippen LogP contribution in [0.2, 0.25) is 0 Å². The molecule has 1 amide bonds. The van der Waals surface area contributed by atoms with Gasteiger partial charge in [-0.1, -0.05) is 40.0 Å². The van der Waals surface area contributed by atoms with Gasteiger partial charge in [0.1, 0.15) is 0 Å². The fourth-order valence-corrected chi connectivity index (χ4v) is 3.24. The van der Waals surface area contributed by atoms with E-state index in [1.54, 1.807) is 0 Å². The second-order valence-electron chi connectivity index (χ2n) is 6.58. The second kappa shape index (κ2) is 7.88. The SMILES string of the molecule is CCCC(CCO)CNC(=O)C(C)(C)C1CCCC1. The molecule has 0 aromatic rings. The van der Waals surface area contributed by atoms with Crippen LogP contribution in [0.15, 0.2) is 0 Å². The van der Waals surface area contributed by atoms with Crippen LogP contribution in [0.4, 0.5) is 0 Å². The van der Waals surface area contributed by atoms with E-state index < -0.39 is 0 Å². The molecule has 19 heavy (non-hydrogen) atoms. The molecule has 0 aromatic heterocycles. The molecular formula is C16H31NO2. The number of carbonyl (C=O) groups excluding carboxylic acids is 1. The molecule has 1 aliphatic rings. The highest BCUT2D eigenvalue weighted by Crippen LogP contribution is 2.39. The van der Waals surface area contributed by atoms with Gasteiger partial charge >= 0.3 is 0 Å². The minimum atomic E-state index is -0.244. The Morgan fingerprint density at radius 2 is 1.95 bits per heavy atom. The van der Waals surface area contributed by atoms with E-state index in [1.165, 1.54) is 25.7 Å². The van der Waals surface area contributed by atoms with Crippen molar-refractivity contribution in [2.75, 3.05) is 13.2 Å². The molecule has 1 saturated carbocycles. The first-order chi connectivity index (χ1) is 9.02. The Hall–Kier alpha value is -0.570. The van der Waals surface area contributed by atoms with Crippen molar-refractivity contribution >= 4 is 5.91 Å². The predicted octanol–water partition coefficient (Wildman–Crippen LogP) is 3.12. The number of carbonyl (C=O) groups is 1. The summed E-state index contributed by atoms with van der Waals surface area (Å²) in [5.41, 5.74) is -0.244. The molecule has 1 atom stereocenters. The average molecular weight is 269 g/mol. The maximum Gasteiger partial charge on any atom is 0.225 e. The van der Waals surface area contributed by atoms with Crippen LogP contribution in [0.3, 0.4) is 0 Å². The molecule has 1 fully saturated rings. The van der Waals surface area contributed by atoms with Gasteiger partial charge in [0.15, 0.2) is 0 Å². The minimum absolute atomic E-state index is 0.193. The summed E-state index contributed by atoms with van der Waals surface area (Å²) in [7, 11) is 0. The van der Waals surface area contributed by atoms with Gasteiger partial charge in [0.25, 0.3) is 0 Å². The molecule has 2 N–H and O–H groups in total. The highest BCUT2D eigenvalue weighted by molar-refractivity contribution is 5.82. The lowest BCUT2D eigenvalue weighted by atomic mass is 9.77. The zero-order valence-electron chi connectivity index (χ0n) is 12.9. The highest BCUT2D eigenvalue weighted by Gasteiger charge is 2.37. The average Bonchev–Trinajstić information content (AvgIpc) is 2.90. The quantitative estimate of drug-likeness (QED) is 0.711. The topological polar surface area (TPSA) is 49.3 Å². The van der Waals surface area contributed by atoms with E-state index in [0.29, 0.717) is 18.4 Å². The number of hydrogen-bond acceptors (Lipinski definition) is 2. The monoisotopic (exact) mass is 269 g/mol. The highest BCUT2D eigenvalue weighted by atomic mass is 16.3. The zero-order chi connectivity index (χ0) is 14.3. The van der Waals surface area contributed by atoms with Crippen molar-refractivity contribution in [3.63, 3.8) is 0 Å². The first kappa shape index (κ1) is 16.5. The smallest absolute Gasteiger partial charge is 0.225 e. The van der Waals surface area contributed by atoms with Gasteiger partial charge in [-0.25, -0.2) is 0 Å². The van der Waals surface area contributed by atoms with Crippen molar-refractivity contribution in [1.29, 1.82) is 0 Å². The first-order valence-electron chi connectivity index (χ1n) is 7.91. The summed E-state index contributed by atoms with van der Waals surface area (Å²) in [4.78, 5) is 12.4. The van der Waals surface area contributed by atoms with E-state index in [9.17, 15) is 4.79 Å². The third-order valence-electron chi connectivity index (χ3n) is 4.75. The van der Waals surface area contributed by atoms with Crippen molar-refractivity contribution < 1.29 is 9.90 Å². The van der Waals surface area contributed by atoms with Gasteiger partial charge in [-0.15, -0.1) is 0 Å². The third-order valence-corrected chi connectivity index (χ3v) is 4.75.